The van der Waals surface area contributed by atoms with Crippen LogP contribution in [0.2, 0.25) is 0 Å². The molecule has 1 rings (SSSR count). The van der Waals surface area contributed by atoms with Crippen molar-refractivity contribution in [3.05, 3.63) is 35.9 Å². The zero-order valence-electron chi connectivity index (χ0n) is 12.5. The highest BCUT2D eigenvalue weighted by Gasteiger charge is 2.24. The van der Waals surface area contributed by atoms with Gasteiger partial charge in [0, 0.05) is 0 Å². The maximum absolute atomic E-state index is 11.2. The van der Waals surface area contributed by atoms with E-state index in [1.807, 2.05) is 18.2 Å². The first kappa shape index (κ1) is 18.8. The van der Waals surface area contributed by atoms with Crippen molar-refractivity contribution < 1.29 is 28.5 Å². The van der Waals surface area contributed by atoms with Crippen molar-refractivity contribution in [2.75, 3.05) is 6.61 Å². The minimum absolute atomic E-state index is 0.405. The Bertz CT molecular complexity index is 489. The number of phosphoric acid groups is 1. The van der Waals surface area contributed by atoms with E-state index in [2.05, 4.69) is 22.1 Å². The number of hydroxylamine groups is 1. The van der Waals surface area contributed by atoms with Gasteiger partial charge in [-0.25, -0.2) is 9.36 Å². The fourth-order valence-corrected chi connectivity index (χ4v) is 2.15. The van der Waals surface area contributed by atoms with Crippen molar-refractivity contribution in [2.45, 2.75) is 38.6 Å². The summed E-state index contributed by atoms with van der Waals surface area (Å²) in [6, 6.07) is 9.25. The van der Waals surface area contributed by atoms with Gasteiger partial charge in [0.2, 0.25) is 0 Å². The van der Waals surface area contributed by atoms with Crippen LogP contribution < -0.4 is 5.48 Å². The first-order valence-corrected chi connectivity index (χ1v) is 8.62. The van der Waals surface area contributed by atoms with Crippen molar-refractivity contribution in [3.63, 3.8) is 0 Å². The minimum Gasteiger partial charge on any atom is -0.369 e. The second-order valence-corrected chi connectivity index (χ2v) is 6.05. The first-order chi connectivity index (χ1) is 10.4. The van der Waals surface area contributed by atoms with Gasteiger partial charge in [-0.2, -0.15) is 5.48 Å². The zero-order chi connectivity index (χ0) is 16.4. The number of phosphoric ester groups is 1. The molecule has 0 amide bonds. The Balaban J connectivity index is 2.03. The molecule has 1 aromatic rings. The molecule has 3 N–H and O–H groups in total. The van der Waals surface area contributed by atoms with E-state index in [0.717, 1.165) is 25.7 Å². The number of hydrogen-bond acceptors (Lipinski definition) is 5. The van der Waals surface area contributed by atoms with E-state index < -0.39 is 19.8 Å². The molecule has 0 radical (unpaired) electrons. The summed E-state index contributed by atoms with van der Waals surface area (Å²) in [7, 11) is -4.80. The summed E-state index contributed by atoms with van der Waals surface area (Å²) < 4.78 is 14.4. The van der Waals surface area contributed by atoms with Crippen LogP contribution in [0.3, 0.4) is 0 Å². The third kappa shape index (κ3) is 8.92. The molecule has 0 bridgehead atoms. The largest absolute Gasteiger partial charge is 0.527 e. The van der Waals surface area contributed by atoms with Crippen molar-refractivity contribution in [1.82, 2.24) is 5.48 Å². The molecule has 0 unspecified atom stereocenters. The van der Waals surface area contributed by atoms with Gasteiger partial charge in [-0.1, -0.05) is 36.8 Å². The van der Waals surface area contributed by atoms with Crippen LogP contribution in [0.25, 0.3) is 0 Å². The first-order valence-electron chi connectivity index (χ1n) is 7.09. The Morgan fingerprint density at radius 1 is 1.23 bits per heavy atom. The highest BCUT2D eigenvalue weighted by atomic mass is 31.2. The normalized spacial score (nSPS) is 12.9. The molecule has 0 aliphatic carbocycles. The van der Waals surface area contributed by atoms with E-state index in [4.69, 9.17) is 14.6 Å². The third-order valence-corrected chi connectivity index (χ3v) is 3.30. The lowest BCUT2D eigenvalue weighted by molar-refractivity contribution is -0.142. The third-order valence-electron chi connectivity index (χ3n) is 2.88. The summed E-state index contributed by atoms with van der Waals surface area (Å²) in [6.07, 6.45) is 3.86. The van der Waals surface area contributed by atoms with Crippen LogP contribution in [0.15, 0.2) is 30.3 Å². The summed E-state index contributed by atoms with van der Waals surface area (Å²) in [4.78, 5) is 33.3. The SMILES string of the molecule is C[C@H](NOCCCCCc1ccccc1)C(=O)OP(=O)(O)O. The Morgan fingerprint density at radius 3 is 2.55 bits per heavy atom. The summed E-state index contributed by atoms with van der Waals surface area (Å²) >= 11 is 0. The van der Waals surface area contributed by atoms with Crippen LogP contribution >= 0.6 is 7.82 Å². The predicted molar refractivity (Wildman–Crippen MR) is 80.7 cm³/mol. The quantitative estimate of drug-likeness (QED) is 0.342. The van der Waals surface area contributed by atoms with Crippen molar-refractivity contribution >= 4 is 13.8 Å². The van der Waals surface area contributed by atoms with E-state index in [0.29, 0.717) is 6.61 Å². The second kappa shape index (κ2) is 9.71. The molecule has 0 saturated carbocycles. The van der Waals surface area contributed by atoms with Crippen LogP contribution in [0, 0.1) is 0 Å². The Labute approximate surface area is 129 Å². The number of aryl methyl sites for hydroxylation is 1. The highest BCUT2D eigenvalue weighted by Crippen LogP contribution is 2.36. The van der Waals surface area contributed by atoms with E-state index in [1.54, 1.807) is 0 Å². The van der Waals surface area contributed by atoms with Gasteiger partial charge in [0.1, 0.15) is 6.04 Å². The average Bonchev–Trinajstić information content (AvgIpc) is 2.45. The molecule has 0 aromatic heterocycles. The van der Waals surface area contributed by atoms with Gasteiger partial charge in [-0.15, -0.1) is 0 Å². The second-order valence-electron chi connectivity index (χ2n) is 4.89. The summed E-state index contributed by atoms with van der Waals surface area (Å²) in [5, 5.41) is 0. The van der Waals surface area contributed by atoms with Gasteiger partial charge in [0.25, 0.3) is 0 Å². The Kier molecular flexibility index (Phi) is 8.30. The zero-order valence-corrected chi connectivity index (χ0v) is 13.4. The van der Waals surface area contributed by atoms with Gasteiger partial charge in [-0.05, 0) is 31.7 Å². The molecule has 0 fully saturated rings. The number of nitrogens with one attached hydrogen (secondary N) is 1. The standard InChI is InChI=1S/C14H22NO6P/c1-12(14(16)21-22(17,18)19)15-20-11-7-3-6-10-13-8-4-2-5-9-13/h2,4-5,8-9,12,15H,3,6-7,10-11H2,1H3,(H2,17,18,19)/t12-/m0/s1. The molecule has 1 atom stereocenters. The van der Waals surface area contributed by atoms with Gasteiger partial charge < -0.3 is 9.36 Å². The fourth-order valence-electron chi connectivity index (χ4n) is 1.75. The van der Waals surface area contributed by atoms with Crippen LogP contribution in [-0.4, -0.2) is 28.4 Å². The summed E-state index contributed by atoms with van der Waals surface area (Å²) in [5.74, 6) is -1.06. The lowest BCUT2D eigenvalue weighted by Gasteiger charge is -2.13. The minimum atomic E-state index is -4.80. The number of carbonyl (C=O) groups excluding carboxylic acids is 1. The molecule has 0 spiro atoms. The van der Waals surface area contributed by atoms with Crippen LogP contribution in [0.1, 0.15) is 31.7 Å². The maximum atomic E-state index is 11.2. The molecule has 0 saturated heterocycles. The smallest absolute Gasteiger partial charge is 0.369 e. The lowest BCUT2D eigenvalue weighted by Crippen LogP contribution is -2.35. The Morgan fingerprint density at radius 2 is 1.91 bits per heavy atom. The number of unbranched alkanes of at least 4 members (excludes halogenated alkanes) is 2. The molecule has 124 valence electrons. The van der Waals surface area contributed by atoms with E-state index in [9.17, 15) is 9.36 Å². The lowest BCUT2D eigenvalue weighted by atomic mass is 10.1. The molecule has 22 heavy (non-hydrogen) atoms. The molecule has 0 heterocycles. The molecule has 7 nitrogen and oxygen atoms in total. The van der Waals surface area contributed by atoms with E-state index in [-0.39, 0.29) is 0 Å². The van der Waals surface area contributed by atoms with Crippen LogP contribution in [-0.2, 0) is 25.1 Å². The number of benzene rings is 1. The van der Waals surface area contributed by atoms with Crippen molar-refractivity contribution in [1.29, 1.82) is 0 Å². The van der Waals surface area contributed by atoms with Crippen LogP contribution in [0.4, 0.5) is 0 Å². The van der Waals surface area contributed by atoms with E-state index in [1.165, 1.54) is 12.5 Å². The van der Waals surface area contributed by atoms with Gasteiger partial charge in [-0.3, -0.25) is 9.79 Å². The van der Waals surface area contributed by atoms with E-state index >= 15 is 0 Å². The molecule has 8 heteroatoms. The average molecular weight is 331 g/mol. The summed E-state index contributed by atoms with van der Waals surface area (Å²) in [5.41, 5.74) is 3.70. The predicted octanol–water partition coefficient (Wildman–Crippen LogP) is 1.95. The molecule has 0 aliphatic heterocycles. The molecule has 0 aliphatic rings. The van der Waals surface area contributed by atoms with Gasteiger partial charge >= 0.3 is 13.8 Å². The molecule has 1 aromatic carbocycles. The fraction of sp³-hybridized carbons (Fsp3) is 0.500. The van der Waals surface area contributed by atoms with Gasteiger partial charge in [0.15, 0.2) is 0 Å². The molecular weight excluding hydrogens is 309 g/mol. The number of rotatable bonds is 10. The maximum Gasteiger partial charge on any atom is 0.527 e. The summed E-state index contributed by atoms with van der Waals surface area (Å²) in [6.45, 7) is 1.80. The van der Waals surface area contributed by atoms with Crippen molar-refractivity contribution in [3.8, 4) is 0 Å². The number of hydrogen-bond donors (Lipinski definition) is 3. The highest BCUT2D eigenvalue weighted by molar-refractivity contribution is 7.46. The number of carbonyl (C=O) groups is 1. The molecular formula is C14H22NO6P. The Hall–Kier alpha value is -1.24. The van der Waals surface area contributed by atoms with Crippen molar-refractivity contribution in [2.24, 2.45) is 0 Å². The van der Waals surface area contributed by atoms with Crippen LogP contribution in [0.5, 0.6) is 0 Å². The monoisotopic (exact) mass is 331 g/mol. The van der Waals surface area contributed by atoms with Gasteiger partial charge in [0.05, 0.1) is 6.61 Å². The topological polar surface area (TPSA) is 105 Å².